The maximum Gasteiger partial charge on any atom is 0.238 e. The van der Waals surface area contributed by atoms with E-state index >= 15 is 0 Å². The van der Waals surface area contributed by atoms with Crippen molar-refractivity contribution in [2.75, 3.05) is 5.73 Å². The van der Waals surface area contributed by atoms with E-state index in [1.165, 1.54) is 24.3 Å². The van der Waals surface area contributed by atoms with Crippen molar-refractivity contribution in [1.29, 1.82) is 0 Å². The lowest BCUT2D eigenvalue weighted by atomic mass is 10.3. The van der Waals surface area contributed by atoms with Crippen LogP contribution in [0.25, 0.3) is 0 Å². The highest BCUT2D eigenvalue weighted by molar-refractivity contribution is 7.89. The van der Waals surface area contributed by atoms with E-state index in [1.807, 2.05) is 36.4 Å². The molecule has 0 amide bonds. The number of nitrogens with two attached hydrogens (primary N) is 2. The second-order valence-electron chi connectivity index (χ2n) is 3.27. The summed E-state index contributed by atoms with van der Waals surface area (Å²) in [6, 6.07) is 17.7. The van der Waals surface area contributed by atoms with Gasteiger partial charge in [0.2, 0.25) is 10.0 Å². The van der Waals surface area contributed by atoms with Crippen LogP contribution in [0, 0.1) is 0 Å². The van der Waals surface area contributed by atoms with Gasteiger partial charge in [0.15, 0.2) is 0 Å². The molecule has 2 rings (SSSR count). The molecule has 0 radical (unpaired) electrons. The molecule has 0 aliphatic heterocycles. The Balaban J connectivity index is 0.000000352. The summed E-state index contributed by atoms with van der Waals surface area (Å²) >= 11 is 0. The fourth-order valence-corrected chi connectivity index (χ4v) is 1.56. The molecule has 0 atom stereocenters. The number of hydrogen-bond acceptors (Lipinski definition) is 3. The van der Waals surface area contributed by atoms with E-state index in [1.54, 1.807) is 0 Å². The molecule has 0 unspecified atom stereocenters. The third-order valence-electron chi connectivity index (χ3n) is 1.88. The number of benzene rings is 2. The Morgan fingerprint density at radius 2 is 1.11 bits per heavy atom. The van der Waals surface area contributed by atoms with Gasteiger partial charge in [-0.2, -0.15) is 0 Å². The van der Waals surface area contributed by atoms with E-state index in [-0.39, 0.29) is 10.4 Å². The van der Waals surface area contributed by atoms with Crippen LogP contribution in [0.3, 0.4) is 0 Å². The monoisotopic (exact) mass is 268 g/mol. The van der Waals surface area contributed by atoms with Gasteiger partial charge in [0, 0.05) is 5.69 Å². The molecule has 18 heavy (non-hydrogen) atoms. The Labute approximate surface area is 106 Å². The predicted octanol–water partition coefficient (Wildman–Crippen LogP) is 0.778. The number of nitrogen functional groups attached to an aromatic ring is 1. The van der Waals surface area contributed by atoms with Gasteiger partial charge >= 0.3 is 0 Å². The largest absolute Gasteiger partial charge is 0.412 e. The number of primary sulfonamides is 1. The fourth-order valence-electron chi connectivity index (χ4n) is 1.04. The van der Waals surface area contributed by atoms with Gasteiger partial charge in [0.1, 0.15) is 0 Å². The Morgan fingerprint density at radius 1 is 0.778 bits per heavy atom. The zero-order chi connectivity index (χ0) is 12.7. The van der Waals surface area contributed by atoms with Crippen molar-refractivity contribution in [2.45, 2.75) is 4.90 Å². The summed E-state index contributed by atoms with van der Waals surface area (Å²) in [5, 5.41) is 4.84. The van der Waals surface area contributed by atoms with Gasteiger partial charge in [0.25, 0.3) is 0 Å². The normalized spacial score (nSPS) is 9.61. The number of anilines is 1. The van der Waals surface area contributed by atoms with Gasteiger partial charge in [0.05, 0.1) is 4.90 Å². The average molecular weight is 268 g/mol. The molecule has 0 bridgehead atoms. The Kier molecular flexibility index (Phi) is 6.66. The predicted molar refractivity (Wildman–Crippen MR) is 72.3 cm³/mol. The van der Waals surface area contributed by atoms with E-state index in [4.69, 9.17) is 10.9 Å². The molecule has 98 valence electrons. The molecule has 0 aromatic heterocycles. The highest BCUT2D eigenvalue weighted by atomic mass is 32.2. The van der Waals surface area contributed by atoms with Crippen molar-refractivity contribution in [2.24, 2.45) is 5.14 Å². The first-order valence-corrected chi connectivity index (χ1v) is 6.43. The van der Waals surface area contributed by atoms with Crippen molar-refractivity contribution in [3.63, 3.8) is 0 Å². The standard InChI is InChI=1S/C6H8N2O2S.C6H6.H2O/c7-5-1-3-6(4-2-5)11(8,9)10;1-2-4-6-5-3-1;/h1-4H,7H2,(H2,8,9,10);1-6H;1H2. The highest BCUT2D eigenvalue weighted by Gasteiger charge is 2.04. The van der Waals surface area contributed by atoms with Gasteiger partial charge in [-0.15, -0.1) is 0 Å². The zero-order valence-electron chi connectivity index (χ0n) is 9.65. The summed E-state index contributed by atoms with van der Waals surface area (Å²) in [4.78, 5) is 0.0756. The maximum atomic E-state index is 10.7. The van der Waals surface area contributed by atoms with Gasteiger partial charge in [-0.1, -0.05) is 36.4 Å². The van der Waals surface area contributed by atoms with Crippen LogP contribution in [0.4, 0.5) is 5.69 Å². The minimum atomic E-state index is -3.58. The quantitative estimate of drug-likeness (QED) is 0.744. The number of rotatable bonds is 1. The van der Waals surface area contributed by atoms with Crippen LogP contribution in [0.5, 0.6) is 0 Å². The second-order valence-corrected chi connectivity index (χ2v) is 4.83. The first kappa shape index (κ1) is 16.1. The number of sulfonamides is 1. The zero-order valence-corrected chi connectivity index (χ0v) is 10.5. The van der Waals surface area contributed by atoms with Crippen LogP contribution in [0.15, 0.2) is 65.6 Å². The molecular formula is C12H16N2O3S. The van der Waals surface area contributed by atoms with Crippen LogP contribution in [-0.2, 0) is 10.0 Å². The SMILES string of the molecule is Nc1ccc(S(N)(=O)=O)cc1.O.c1ccccc1. The number of hydrogen-bond donors (Lipinski definition) is 2. The van der Waals surface area contributed by atoms with Crippen molar-refractivity contribution >= 4 is 15.7 Å². The van der Waals surface area contributed by atoms with Crippen LogP contribution in [0.2, 0.25) is 0 Å². The van der Waals surface area contributed by atoms with Crippen LogP contribution in [0.1, 0.15) is 0 Å². The smallest absolute Gasteiger partial charge is 0.238 e. The summed E-state index contributed by atoms with van der Waals surface area (Å²) in [5.41, 5.74) is 5.85. The molecule has 6 heteroatoms. The highest BCUT2D eigenvalue weighted by Crippen LogP contribution is 2.08. The van der Waals surface area contributed by atoms with E-state index < -0.39 is 10.0 Å². The molecule has 0 aliphatic carbocycles. The van der Waals surface area contributed by atoms with Crippen LogP contribution >= 0.6 is 0 Å². The van der Waals surface area contributed by atoms with Crippen molar-refractivity contribution in [1.82, 2.24) is 0 Å². The molecule has 0 fully saturated rings. The second kappa shape index (κ2) is 7.44. The van der Waals surface area contributed by atoms with E-state index in [2.05, 4.69) is 0 Å². The maximum absolute atomic E-state index is 10.7. The summed E-state index contributed by atoms with van der Waals surface area (Å²) in [6.07, 6.45) is 0. The lowest BCUT2D eigenvalue weighted by molar-refractivity contribution is 0.598. The molecule has 0 heterocycles. The Hall–Kier alpha value is -1.89. The molecule has 0 saturated heterocycles. The molecule has 5 nitrogen and oxygen atoms in total. The average Bonchev–Trinajstić information content (AvgIpc) is 2.31. The third-order valence-corrected chi connectivity index (χ3v) is 2.80. The van der Waals surface area contributed by atoms with Crippen LogP contribution in [-0.4, -0.2) is 13.9 Å². The molecular weight excluding hydrogens is 252 g/mol. The first-order chi connectivity index (χ1) is 8.00. The van der Waals surface area contributed by atoms with E-state index in [0.717, 1.165) is 0 Å². The summed E-state index contributed by atoms with van der Waals surface area (Å²) in [5.74, 6) is 0. The lowest BCUT2D eigenvalue weighted by Crippen LogP contribution is -2.11. The first-order valence-electron chi connectivity index (χ1n) is 4.88. The molecule has 2 aromatic carbocycles. The Morgan fingerprint density at radius 3 is 1.39 bits per heavy atom. The van der Waals surface area contributed by atoms with Crippen molar-refractivity contribution < 1.29 is 13.9 Å². The third kappa shape index (κ3) is 6.00. The van der Waals surface area contributed by atoms with Gasteiger partial charge in [-0.3, -0.25) is 0 Å². The van der Waals surface area contributed by atoms with Gasteiger partial charge in [-0.05, 0) is 24.3 Å². The van der Waals surface area contributed by atoms with E-state index in [0.29, 0.717) is 5.69 Å². The molecule has 0 aliphatic rings. The Bertz CT molecular complexity index is 513. The lowest BCUT2D eigenvalue weighted by Gasteiger charge is -1.96. The summed E-state index contributed by atoms with van der Waals surface area (Å²) < 4.78 is 21.4. The topological polar surface area (TPSA) is 118 Å². The van der Waals surface area contributed by atoms with E-state index in [9.17, 15) is 8.42 Å². The van der Waals surface area contributed by atoms with Gasteiger partial charge < -0.3 is 11.2 Å². The molecule has 0 saturated carbocycles. The van der Waals surface area contributed by atoms with Crippen molar-refractivity contribution in [3.05, 3.63) is 60.7 Å². The minimum absolute atomic E-state index is 0. The van der Waals surface area contributed by atoms with Crippen molar-refractivity contribution in [3.8, 4) is 0 Å². The molecule has 0 spiro atoms. The summed E-state index contributed by atoms with van der Waals surface area (Å²) in [7, 11) is -3.58. The molecule has 6 N–H and O–H groups in total. The minimum Gasteiger partial charge on any atom is -0.412 e. The molecule has 2 aromatic rings. The fraction of sp³-hybridized carbons (Fsp3) is 0. The summed E-state index contributed by atoms with van der Waals surface area (Å²) in [6.45, 7) is 0. The van der Waals surface area contributed by atoms with Crippen LogP contribution < -0.4 is 10.9 Å². The van der Waals surface area contributed by atoms with Gasteiger partial charge in [-0.25, -0.2) is 13.6 Å².